The van der Waals surface area contributed by atoms with Gasteiger partial charge in [-0.1, -0.05) is 6.07 Å². The quantitative estimate of drug-likeness (QED) is 0.354. The van der Waals surface area contributed by atoms with E-state index in [1.54, 1.807) is 0 Å². The van der Waals surface area contributed by atoms with Crippen molar-refractivity contribution in [2.45, 2.75) is 19.1 Å². The summed E-state index contributed by atoms with van der Waals surface area (Å²) in [4.78, 5) is 54.4. The van der Waals surface area contributed by atoms with Crippen LogP contribution in [0.5, 0.6) is 0 Å². The fourth-order valence-electron chi connectivity index (χ4n) is 3.15. The zero-order valence-corrected chi connectivity index (χ0v) is 19.8. The van der Waals surface area contributed by atoms with Crippen LogP contribution >= 0.6 is 0 Å². The van der Waals surface area contributed by atoms with E-state index in [-0.39, 0.29) is 35.1 Å². The highest BCUT2D eigenvalue weighted by molar-refractivity contribution is 6.00. The summed E-state index contributed by atoms with van der Waals surface area (Å²) in [5.41, 5.74) is 0.325. The summed E-state index contributed by atoms with van der Waals surface area (Å²) in [6.07, 6.45) is -1.08. The first kappa shape index (κ1) is 26.7. The van der Waals surface area contributed by atoms with Crippen molar-refractivity contribution in [3.8, 4) is 17.3 Å². The number of carbonyl (C=O) groups is 3. The van der Waals surface area contributed by atoms with Gasteiger partial charge in [0, 0.05) is 32.1 Å². The molecule has 0 radical (unpaired) electrons. The predicted octanol–water partition coefficient (Wildman–Crippen LogP) is 2.14. The van der Waals surface area contributed by atoms with Crippen LogP contribution < -0.4 is 10.2 Å². The third-order valence-electron chi connectivity index (χ3n) is 5.12. The van der Waals surface area contributed by atoms with Crippen molar-refractivity contribution in [3.05, 3.63) is 48.4 Å². The molecule has 12 nitrogen and oxygen atoms in total. The average molecular weight is 515 g/mol. The summed E-state index contributed by atoms with van der Waals surface area (Å²) in [6.45, 7) is 1.25. The lowest BCUT2D eigenvalue weighted by Gasteiger charge is -2.20. The van der Waals surface area contributed by atoms with Crippen molar-refractivity contribution < 1.29 is 27.6 Å². The average Bonchev–Trinajstić information content (AvgIpc) is 3.32. The van der Waals surface area contributed by atoms with E-state index < -0.39 is 29.9 Å². The van der Waals surface area contributed by atoms with Gasteiger partial charge in [-0.2, -0.15) is 18.4 Å². The van der Waals surface area contributed by atoms with Crippen LogP contribution in [0.25, 0.3) is 11.3 Å². The number of amides is 3. The van der Waals surface area contributed by atoms with Crippen LogP contribution in [-0.2, 0) is 15.8 Å². The third-order valence-corrected chi connectivity index (χ3v) is 5.12. The second-order valence-electron chi connectivity index (χ2n) is 7.73. The molecule has 3 amide bonds. The molecular weight excluding hydrogens is 495 g/mol. The Morgan fingerprint density at radius 3 is 2.49 bits per heavy atom. The van der Waals surface area contributed by atoms with E-state index >= 15 is 0 Å². The van der Waals surface area contributed by atoms with Gasteiger partial charge in [-0.05, 0) is 19.1 Å². The summed E-state index contributed by atoms with van der Waals surface area (Å²) in [5, 5.41) is 11.5. The molecule has 0 bridgehead atoms. The largest absolute Gasteiger partial charge is 0.451 e. The van der Waals surface area contributed by atoms with Gasteiger partial charge < -0.3 is 19.7 Å². The lowest BCUT2D eigenvalue weighted by molar-refractivity contribution is -0.145. The number of nitrogens with zero attached hydrogens (tertiary/aromatic N) is 8. The number of imidazole rings is 1. The van der Waals surface area contributed by atoms with Crippen molar-refractivity contribution >= 4 is 29.9 Å². The molecule has 0 saturated heterocycles. The molecule has 15 heteroatoms. The smallest absolute Gasteiger partial charge is 0.327 e. The van der Waals surface area contributed by atoms with Crippen LogP contribution in [-0.4, -0.2) is 68.3 Å². The molecule has 3 aromatic rings. The molecule has 1 N–H and O–H groups in total. The number of hydrogen-bond donors (Lipinski definition) is 1. The summed E-state index contributed by atoms with van der Waals surface area (Å²) < 4.78 is 39.4. The number of hydrogen-bond acceptors (Lipinski definition) is 8. The molecule has 0 saturated carbocycles. The molecule has 3 heterocycles. The number of pyridine rings is 1. The van der Waals surface area contributed by atoms with Gasteiger partial charge in [-0.15, -0.1) is 0 Å². The normalized spacial score (nSPS) is 11.8. The molecule has 192 valence electrons. The molecule has 3 aromatic heterocycles. The summed E-state index contributed by atoms with van der Waals surface area (Å²) in [6, 6.07) is 5.32. The Hall–Kier alpha value is -4.87. The minimum atomic E-state index is -4.69. The lowest BCUT2D eigenvalue weighted by Crippen LogP contribution is -2.33. The highest BCUT2D eigenvalue weighted by Crippen LogP contribution is 2.27. The van der Waals surface area contributed by atoms with Gasteiger partial charge in [0.25, 0.3) is 5.91 Å². The van der Waals surface area contributed by atoms with E-state index in [1.165, 1.54) is 50.1 Å². The number of rotatable bonds is 8. The maximum Gasteiger partial charge on any atom is 0.451 e. The topological polar surface area (TPSA) is 150 Å². The Bertz CT molecular complexity index is 1350. The minimum absolute atomic E-state index is 0.00753. The molecule has 0 aliphatic carbocycles. The van der Waals surface area contributed by atoms with Crippen LogP contribution in [0.2, 0.25) is 0 Å². The Labute approximate surface area is 208 Å². The van der Waals surface area contributed by atoms with Gasteiger partial charge >= 0.3 is 6.18 Å². The molecule has 0 aliphatic rings. The highest BCUT2D eigenvalue weighted by Gasteiger charge is 2.34. The first-order valence-corrected chi connectivity index (χ1v) is 10.5. The Balaban J connectivity index is 1.87. The minimum Gasteiger partial charge on any atom is -0.327 e. The third kappa shape index (κ3) is 5.86. The Morgan fingerprint density at radius 2 is 1.89 bits per heavy atom. The lowest BCUT2D eigenvalue weighted by atomic mass is 10.2. The molecule has 0 fully saturated rings. The van der Waals surface area contributed by atoms with Gasteiger partial charge in [0.05, 0.1) is 18.1 Å². The number of halogens is 3. The summed E-state index contributed by atoms with van der Waals surface area (Å²) in [7, 11) is 2.77. The number of anilines is 2. The second kappa shape index (κ2) is 10.8. The van der Waals surface area contributed by atoms with Crippen molar-refractivity contribution in [2.24, 2.45) is 0 Å². The highest BCUT2D eigenvalue weighted by atomic mass is 19.4. The Kier molecular flexibility index (Phi) is 7.81. The maximum absolute atomic E-state index is 13.0. The van der Waals surface area contributed by atoms with Crippen molar-refractivity contribution in [1.82, 2.24) is 29.4 Å². The van der Waals surface area contributed by atoms with Crippen LogP contribution in [0, 0.1) is 11.3 Å². The summed E-state index contributed by atoms with van der Waals surface area (Å²) in [5.74, 6) is -2.46. The van der Waals surface area contributed by atoms with Crippen LogP contribution in [0.15, 0.2) is 36.9 Å². The van der Waals surface area contributed by atoms with Crippen molar-refractivity contribution in [2.75, 3.05) is 30.9 Å². The van der Waals surface area contributed by atoms with E-state index in [4.69, 9.17) is 5.26 Å². The molecule has 1 unspecified atom stereocenters. The first-order valence-electron chi connectivity index (χ1n) is 10.5. The van der Waals surface area contributed by atoms with Gasteiger partial charge in [0.2, 0.25) is 18.1 Å². The van der Waals surface area contributed by atoms with Crippen molar-refractivity contribution in [3.63, 3.8) is 0 Å². The van der Waals surface area contributed by atoms with Gasteiger partial charge in [0.1, 0.15) is 18.4 Å². The predicted molar refractivity (Wildman–Crippen MR) is 123 cm³/mol. The molecule has 1 atom stereocenters. The molecule has 0 aliphatic heterocycles. The second-order valence-corrected chi connectivity index (χ2v) is 7.73. The van der Waals surface area contributed by atoms with Gasteiger partial charge in [-0.25, -0.2) is 19.9 Å². The van der Waals surface area contributed by atoms with E-state index in [2.05, 4.69) is 25.3 Å². The van der Waals surface area contributed by atoms with Crippen LogP contribution in [0.1, 0.15) is 29.3 Å². The monoisotopic (exact) mass is 515 g/mol. The first-order chi connectivity index (χ1) is 17.5. The SMILES string of the molecule is CC(C(=O)Nc1cccc(-c2cnc(C(F)(F)F)nc2)n1)n1cnc(N(C)C=O)c1C(=O)N(C)CC#N. The van der Waals surface area contributed by atoms with Gasteiger partial charge in [-0.3, -0.25) is 14.4 Å². The standard InChI is InChI=1S/C22H20F3N9O3/c1-13(34-11-29-18(33(3)12-35)17(34)20(37)32(2)8-7-26)19(36)31-16-6-4-5-15(30-16)14-9-27-21(28-10-14)22(23,24)25/h4-6,9-13H,8H2,1-3H3,(H,30,31,36). The van der Waals surface area contributed by atoms with E-state index in [0.717, 1.165) is 22.2 Å². The molecule has 3 rings (SSSR count). The van der Waals surface area contributed by atoms with Crippen LogP contribution in [0.3, 0.4) is 0 Å². The zero-order valence-electron chi connectivity index (χ0n) is 19.8. The Morgan fingerprint density at radius 1 is 1.22 bits per heavy atom. The number of nitriles is 1. The van der Waals surface area contributed by atoms with E-state index in [0.29, 0.717) is 6.41 Å². The molecular formula is C22H20F3N9O3. The maximum atomic E-state index is 13.0. The fraction of sp³-hybridized carbons (Fsp3) is 0.273. The molecule has 0 spiro atoms. The van der Waals surface area contributed by atoms with E-state index in [1.807, 2.05) is 6.07 Å². The number of nitrogens with one attached hydrogen (secondary N) is 1. The van der Waals surface area contributed by atoms with Crippen molar-refractivity contribution in [1.29, 1.82) is 5.26 Å². The molecule has 37 heavy (non-hydrogen) atoms. The number of alkyl halides is 3. The zero-order chi connectivity index (χ0) is 27.3. The number of aromatic nitrogens is 5. The van der Waals surface area contributed by atoms with Crippen LogP contribution in [0.4, 0.5) is 24.8 Å². The number of carbonyl (C=O) groups excluding carboxylic acids is 3. The molecule has 0 aromatic carbocycles. The fourth-order valence-corrected chi connectivity index (χ4v) is 3.15. The van der Waals surface area contributed by atoms with Gasteiger partial charge in [0.15, 0.2) is 11.5 Å². The van der Waals surface area contributed by atoms with E-state index in [9.17, 15) is 27.6 Å². The summed E-state index contributed by atoms with van der Waals surface area (Å²) >= 11 is 0.